The van der Waals surface area contributed by atoms with Crippen molar-refractivity contribution in [2.45, 2.75) is 24.4 Å². The lowest BCUT2D eigenvalue weighted by atomic mass is 10.3. The molecule has 0 bridgehead atoms. The first-order chi connectivity index (χ1) is 14.0. The SMILES string of the molecule is C=S1(=Nc2cnc(-c3cn4cnc(C(F)(F)F)cc4n3)c(S(=O)(=O)CC)c2)CCC1. The van der Waals surface area contributed by atoms with Gasteiger partial charge < -0.3 is 0 Å². The second-order valence-corrected chi connectivity index (χ2v) is 12.2. The summed E-state index contributed by atoms with van der Waals surface area (Å²) in [5.41, 5.74) is -0.469. The topological polar surface area (TPSA) is 89.6 Å². The minimum absolute atomic E-state index is 0.0154. The molecule has 30 heavy (non-hydrogen) atoms. The van der Waals surface area contributed by atoms with Gasteiger partial charge in [0.25, 0.3) is 0 Å². The van der Waals surface area contributed by atoms with E-state index in [-0.39, 0.29) is 27.7 Å². The smallest absolute Gasteiger partial charge is 0.290 e. The van der Waals surface area contributed by atoms with Crippen molar-refractivity contribution in [2.24, 2.45) is 4.36 Å². The lowest BCUT2D eigenvalue weighted by Gasteiger charge is -2.24. The third-order valence-electron chi connectivity index (χ3n) is 4.78. The van der Waals surface area contributed by atoms with E-state index in [0.717, 1.165) is 30.3 Å². The van der Waals surface area contributed by atoms with Crippen molar-refractivity contribution in [3.8, 4) is 11.4 Å². The van der Waals surface area contributed by atoms with Gasteiger partial charge in [-0.2, -0.15) is 13.2 Å². The van der Waals surface area contributed by atoms with Crippen molar-refractivity contribution in [1.82, 2.24) is 19.4 Å². The third-order valence-corrected chi connectivity index (χ3v) is 9.22. The number of fused-ring (bicyclic) bond motifs is 1. The minimum atomic E-state index is -4.61. The summed E-state index contributed by atoms with van der Waals surface area (Å²) in [6.45, 7) is 1.51. The summed E-state index contributed by atoms with van der Waals surface area (Å²) in [5, 5.41) is 0. The summed E-state index contributed by atoms with van der Waals surface area (Å²) in [4.78, 5) is 11.7. The van der Waals surface area contributed by atoms with Crippen LogP contribution in [0.1, 0.15) is 19.0 Å². The molecular formula is C18H18F3N5O2S2. The summed E-state index contributed by atoms with van der Waals surface area (Å²) in [5.74, 6) is 5.77. The molecule has 0 unspecified atom stereocenters. The Kier molecular flexibility index (Phi) is 4.88. The summed E-state index contributed by atoms with van der Waals surface area (Å²) in [6.07, 6.45) is 0.268. The molecule has 4 heterocycles. The van der Waals surface area contributed by atoms with Crippen LogP contribution in [0.5, 0.6) is 0 Å². The molecule has 1 fully saturated rings. The lowest BCUT2D eigenvalue weighted by molar-refractivity contribution is -0.141. The molecule has 3 aromatic rings. The summed E-state index contributed by atoms with van der Waals surface area (Å²) >= 11 is 0. The molecule has 12 heteroatoms. The van der Waals surface area contributed by atoms with E-state index in [1.165, 1.54) is 29.8 Å². The van der Waals surface area contributed by atoms with Crippen LogP contribution in [0.4, 0.5) is 18.9 Å². The highest BCUT2D eigenvalue weighted by molar-refractivity contribution is 8.03. The Bertz CT molecular complexity index is 1360. The summed E-state index contributed by atoms with van der Waals surface area (Å²) < 4.78 is 70.1. The fraction of sp³-hybridized carbons (Fsp3) is 0.333. The van der Waals surface area contributed by atoms with Crippen LogP contribution in [-0.2, 0) is 25.4 Å². The van der Waals surface area contributed by atoms with E-state index in [0.29, 0.717) is 5.69 Å². The molecule has 1 aliphatic rings. The number of aromatic nitrogens is 4. The number of imidazole rings is 1. The molecule has 3 aromatic heterocycles. The van der Waals surface area contributed by atoms with Crippen LogP contribution in [0.15, 0.2) is 40.1 Å². The van der Waals surface area contributed by atoms with E-state index in [9.17, 15) is 21.6 Å². The van der Waals surface area contributed by atoms with E-state index in [1.807, 2.05) is 0 Å². The molecule has 160 valence electrons. The molecule has 0 aliphatic carbocycles. The number of pyridine rings is 1. The first-order valence-corrected chi connectivity index (χ1v) is 12.8. The van der Waals surface area contributed by atoms with Gasteiger partial charge in [0.2, 0.25) is 0 Å². The molecule has 4 rings (SSSR count). The highest BCUT2D eigenvalue weighted by atomic mass is 32.2. The highest BCUT2D eigenvalue weighted by Crippen LogP contribution is 2.32. The van der Waals surface area contributed by atoms with Crippen LogP contribution in [0.2, 0.25) is 0 Å². The monoisotopic (exact) mass is 457 g/mol. The van der Waals surface area contributed by atoms with Gasteiger partial charge in [-0.3, -0.25) is 9.38 Å². The third kappa shape index (κ3) is 3.81. The average Bonchev–Trinajstić information content (AvgIpc) is 3.09. The van der Waals surface area contributed by atoms with Crippen molar-refractivity contribution in [3.05, 3.63) is 36.5 Å². The number of nitrogens with zero attached hydrogens (tertiary/aromatic N) is 5. The summed E-state index contributed by atoms with van der Waals surface area (Å²) in [7, 11) is -5.06. The Balaban J connectivity index is 1.87. The van der Waals surface area contributed by atoms with Crippen LogP contribution in [0.25, 0.3) is 17.0 Å². The van der Waals surface area contributed by atoms with E-state index < -0.39 is 31.1 Å². The van der Waals surface area contributed by atoms with Gasteiger partial charge in [0.15, 0.2) is 9.84 Å². The van der Waals surface area contributed by atoms with Gasteiger partial charge in [0, 0.05) is 12.3 Å². The average molecular weight is 458 g/mol. The maximum atomic E-state index is 12.9. The largest absolute Gasteiger partial charge is 0.433 e. The quantitative estimate of drug-likeness (QED) is 0.560. The van der Waals surface area contributed by atoms with E-state index in [4.69, 9.17) is 0 Å². The Hall–Kier alpha value is -2.47. The molecule has 0 saturated carbocycles. The molecule has 0 atom stereocenters. The van der Waals surface area contributed by atoms with Gasteiger partial charge in [-0.1, -0.05) is 12.8 Å². The Morgan fingerprint density at radius 3 is 2.60 bits per heavy atom. The van der Waals surface area contributed by atoms with Crippen molar-refractivity contribution < 1.29 is 21.6 Å². The second kappa shape index (κ2) is 7.05. The number of rotatable bonds is 4. The minimum Gasteiger partial charge on any atom is -0.290 e. The van der Waals surface area contributed by atoms with Gasteiger partial charge in [-0.25, -0.2) is 22.7 Å². The molecule has 0 N–H and O–H groups in total. The van der Waals surface area contributed by atoms with Crippen molar-refractivity contribution in [3.63, 3.8) is 0 Å². The van der Waals surface area contributed by atoms with Crippen LogP contribution in [-0.4, -0.2) is 50.9 Å². The predicted octanol–water partition coefficient (Wildman–Crippen LogP) is 3.41. The zero-order valence-electron chi connectivity index (χ0n) is 15.9. The molecule has 0 amide bonds. The molecule has 0 radical (unpaired) electrons. The van der Waals surface area contributed by atoms with Crippen LogP contribution < -0.4 is 0 Å². The number of sulfone groups is 1. The zero-order valence-corrected chi connectivity index (χ0v) is 17.6. The molecule has 7 nitrogen and oxygen atoms in total. The van der Waals surface area contributed by atoms with E-state index in [2.05, 4.69) is 25.2 Å². The van der Waals surface area contributed by atoms with Gasteiger partial charge >= 0.3 is 6.18 Å². The Morgan fingerprint density at radius 2 is 2.00 bits per heavy atom. The number of hydrogen-bond acceptors (Lipinski definition) is 6. The molecule has 1 aliphatic heterocycles. The van der Waals surface area contributed by atoms with Crippen LogP contribution in [0, 0.1) is 0 Å². The van der Waals surface area contributed by atoms with Crippen molar-refractivity contribution in [1.29, 1.82) is 0 Å². The zero-order chi connectivity index (χ0) is 21.7. The van der Waals surface area contributed by atoms with Gasteiger partial charge in [0.1, 0.15) is 29.1 Å². The molecule has 0 spiro atoms. The fourth-order valence-electron chi connectivity index (χ4n) is 3.02. The molecule has 1 saturated heterocycles. The van der Waals surface area contributed by atoms with Crippen LogP contribution >= 0.6 is 0 Å². The summed E-state index contributed by atoms with van der Waals surface area (Å²) in [6, 6.07) is 2.25. The first kappa shape index (κ1) is 20.8. The Labute approximate surface area is 171 Å². The van der Waals surface area contributed by atoms with Gasteiger partial charge in [-0.05, 0) is 24.0 Å². The Morgan fingerprint density at radius 1 is 1.27 bits per heavy atom. The molecular weight excluding hydrogens is 439 g/mol. The van der Waals surface area contributed by atoms with Crippen molar-refractivity contribution in [2.75, 3.05) is 17.3 Å². The number of alkyl halides is 3. The maximum Gasteiger partial charge on any atom is 0.433 e. The van der Waals surface area contributed by atoms with Crippen LogP contribution in [0.3, 0.4) is 0 Å². The van der Waals surface area contributed by atoms with Gasteiger partial charge in [0.05, 0.1) is 22.5 Å². The van der Waals surface area contributed by atoms with Crippen molar-refractivity contribution >= 4 is 36.5 Å². The normalized spacial score (nSPS) is 16.4. The maximum absolute atomic E-state index is 12.9. The van der Waals surface area contributed by atoms with Gasteiger partial charge in [-0.15, -0.1) is 9.41 Å². The first-order valence-electron chi connectivity index (χ1n) is 9.01. The molecule has 0 aromatic carbocycles. The fourth-order valence-corrected chi connectivity index (χ4v) is 5.77. The standard InChI is InChI=1S/C18H18F3N5O2S2/c1-3-30(27,28)14-7-12(25-29(2)5-4-6-29)9-22-17(14)13-10-26-11-23-15(18(19,20)21)8-16(26)24-13/h7-11H,2-6H2,1H3. The predicted molar refractivity (Wildman–Crippen MR) is 110 cm³/mol. The van der Waals surface area contributed by atoms with E-state index >= 15 is 0 Å². The number of hydrogen-bond donors (Lipinski definition) is 0. The number of halogens is 3. The lowest BCUT2D eigenvalue weighted by Crippen LogP contribution is -2.22. The highest BCUT2D eigenvalue weighted by Gasteiger charge is 2.33. The van der Waals surface area contributed by atoms with E-state index in [1.54, 1.807) is 0 Å². The second-order valence-electron chi connectivity index (χ2n) is 6.96.